The maximum atomic E-state index is 4.52. The highest BCUT2D eigenvalue weighted by molar-refractivity contribution is 14.2. The zero-order chi connectivity index (χ0) is 11.2. The van der Waals surface area contributed by atoms with Gasteiger partial charge in [0.1, 0.15) is 0 Å². The Morgan fingerprint density at radius 3 is 3.06 bits per heavy atom. The lowest BCUT2D eigenvalue weighted by Gasteiger charge is -2.23. The lowest BCUT2D eigenvalue weighted by atomic mass is 9.91. The van der Waals surface area contributed by atoms with Crippen molar-refractivity contribution in [2.75, 3.05) is 17.5 Å². The molecule has 0 aliphatic carbocycles. The van der Waals surface area contributed by atoms with Gasteiger partial charge >= 0.3 is 0 Å². The maximum absolute atomic E-state index is 4.52. The number of halogens is 2. The van der Waals surface area contributed by atoms with Gasteiger partial charge in [0.25, 0.3) is 0 Å². The van der Waals surface area contributed by atoms with Gasteiger partial charge in [-0.1, -0.05) is 6.08 Å². The molecule has 0 saturated carbocycles. The molecule has 1 N–H and O–H groups in total. The number of hydrogen-bond acceptors (Lipinski definition) is 3. The predicted molar refractivity (Wildman–Crippen MR) is 88.6 cm³/mol. The van der Waals surface area contributed by atoms with Crippen molar-refractivity contribution in [2.24, 2.45) is 14.1 Å². The van der Waals surface area contributed by atoms with E-state index in [4.69, 9.17) is 0 Å². The quantitative estimate of drug-likeness (QED) is 0.398. The first-order chi connectivity index (χ1) is 7.92. The van der Waals surface area contributed by atoms with Gasteiger partial charge in [-0.15, -0.1) is 20.7 Å². The summed E-state index contributed by atoms with van der Waals surface area (Å²) in [4.78, 5) is 4.52. The van der Waals surface area contributed by atoms with E-state index < -0.39 is 0 Å². The Morgan fingerprint density at radius 2 is 2.31 bits per heavy atom. The van der Waals surface area contributed by atoms with Gasteiger partial charge in [0, 0.05) is 16.5 Å². The zero-order valence-electron chi connectivity index (χ0n) is 9.00. The van der Waals surface area contributed by atoms with E-state index in [0.29, 0.717) is 5.92 Å². The molecule has 88 valence electrons. The molecule has 0 amide bonds. The third-order valence-electron chi connectivity index (χ3n) is 2.76. The molecule has 0 atom stereocenters. The van der Waals surface area contributed by atoms with Gasteiger partial charge in [0.15, 0.2) is 0 Å². The molecule has 0 unspecified atom stereocenters. The predicted octanol–water partition coefficient (Wildman–Crippen LogP) is 2.52. The van der Waals surface area contributed by atoms with E-state index in [2.05, 4.69) is 46.5 Å². The van der Waals surface area contributed by atoms with E-state index in [1.807, 2.05) is 6.20 Å². The molecule has 2 heterocycles. The molecule has 2 aliphatic rings. The van der Waals surface area contributed by atoms with Crippen molar-refractivity contribution in [3.8, 4) is 0 Å². The van der Waals surface area contributed by atoms with Crippen molar-refractivity contribution in [3.05, 3.63) is 12.3 Å². The fourth-order valence-corrected chi connectivity index (χ4v) is 4.22. The molecule has 0 aromatic heterocycles. The van der Waals surface area contributed by atoms with E-state index in [1.165, 1.54) is 23.0 Å². The van der Waals surface area contributed by atoms with Gasteiger partial charge in [-0.2, -0.15) is 0 Å². The molecular formula is C11H15I2N3. The highest BCUT2D eigenvalue weighted by Crippen LogP contribution is 2.17. The van der Waals surface area contributed by atoms with Crippen LogP contribution in [0.4, 0.5) is 0 Å². The first kappa shape index (κ1) is 12.8. The molecule has 0 spiro atoms. The summed E-state index contributed by atoms with van der Waals surface area (Å²) in [7, 11) is 0. The standard InChI is InChI=1S/C11H15I2N3/c12-16-11(9-2-6-14-7-3-9)10-8-13-4-1-5-15-10/h1,5,8-9,14H,2-4,6-7H2. The molecule has 2 aliphatic heterocycles. The van der Waals surface area contributed by atoms with Crippen LogP contribution in [0.25, 0.3) is 0 Å². The van der Waals surface area contributed by atoms with E-state index >= 15 is 0 Å². The van der Waals surface area contributed by atoms with Crippen molar-refractivity contribution >= 4 is 59.0 Å². The summed E-state index contributed by atoms with van der Waals surface area (Å²) >= 11 is 2.26. The average molecular weight is 443 g/mol. The summed E-state index contributed by atoms with van der Waals surface area (Å²) in [6, 6.07) is 0. The Balaban J connectivity index is 2.15. The molecule has 0 bridgehead atoms. The average Bonchev–Trinajstić information content (AvgIpc) is 2.61. The number of aliphatic imine (C=N–C) groups is 1. The topological polar surface area (TPSA) is 36.8 Å². The van der Waals surface area contributed by atoms with Crippen molar-refractivity contribution in [1.82, 2.24) is 5.32 Å². The first-order valence-corrected chi connectivity index (χ1v) is 9.19. The van der Waals surface area contributed by atoms with E-state index in [9.17, 15) is 0 Å². The molecular weight excluding hydrogens is 428 g/mol. The van der Waals surface area contributed by atoms with E-state index in [0.717, 1.165) is 18.8 Å². The summed E-state index contributed by atoms with van der Waals surface area (Å²) in [6.07, 6.45) is 6.50. The number of rotatable bonds is 2. The van der Waals surface area contributed by atoms with Crippen molar-refractivity contribution in [2.45, 2.75) is 12.8 Å². The second-order valence-corrected chi connectivity index (χ2v) is 6.68. The van der Waals surface area contributed by atoms with Gasteiger partial charge in [0.05, 0.1) is 34.3 Å². The Kier molecular flexibility index (Phi) is 5.57. The number of alkyl halides is 1. The van der Waals surface area contributed by atoms with Crippen LogP contribution in [0.2, 0.25) is 0 Å². The van der Waals surface area contributed by atoms with Crippen molar-refractivity contribution in [1.29, 1.82) is 0 Å². The van der Waals surface area contributed by atoms with Crippen LogP contribution < -0.4 is 5.32 Å². The third-order valence-corrected chi connectivity index (χ3v) is 5.32. The smallest absolute Gasteiger partial charge is 0.0905 e. The monoisotopic (exact) mass is 443 g/mol. The van der Waals surface area contributed by atoms with Crippen LogP contribution >= 0.6 is 43.6 Å². The minimum atomic E-state index is 0.142. The number of allylic oxidation sites excluding steroid dienone is 1. The fourth-order valence-electron chi connectivity index (χ4n) is 1.91. The summed E-state index contributed by atoms with van der Waals surface area (Å²) in [5, 5.41) is 3.39. The minimum Gasteiger partial charge on any atom is -0.317 e. The van der Waals surface area contributed by atoms with Gasteiger partial charge in [-0.25, -0.2) is 3.21 Å². The largest absolute Gasteiger partial charge is 0.317 e. The molecule has 1 fully saturated rings. The maximum Gasteiger partial charge on any atom is 0.0905 e. The van der Waals surface area contributed by atoms with Gasteiger partial charge < -0.3 is 5.32 Å². The summed E-state index contributed by atoms with van der Waals surface area (Å²) in [5.41, 5.74) is 2.36. The van der Waals surface area contributed by atoms with Gasteiger partial charge in [-0.3, -0.25) is 4.99 Å². The molecule has 1 saturated heterocycles. The van der Waals surface area contributed by atoms with Crippen LogP contribution in [0.1, 0.15) is 12.8 Å². The molecule has 0 aromatic carbocycles. The highest BCUT2D eigenvalue weighted by Gasteiger charge is 2.21. The Hall–Kier alpha value is 0.370. The third kappa shape index (κ3) is 3.43. The normalized spacial score (nSPS) is 23.6. The van der Waals surface area contributed by atoms with E-state index in [1.54, 1.807) is 0 Å². The number of nitrogens with one attached hydrogen (secondary N) is 1. The van der Waals surface area contributed by atoms with Crippen LogP contribution in [0.5, 0.6) is 0 Å². The Labute approximate surface area is 120 Å². The van der Waals surface area contributed by atoms with Crippen LogP contribution in [0.3, 0.4) is 0 Å². The lowest BCUT2D eigenvalue weighted by Crippen LogP contribution is -2.35. The van der Waals surface area contributed by atoms with Crippen LogP contribution in [-0.4, -0.2) is 33.0 Å². The summed E-state index contributed by atoms with van der Waals surface area (Å²) in [6.45, 7) is 2.22. The molecule has 3 nitrogen and oxygen atoms in total. The summed E-state index contributed by atoms with van der Waals surface area (Å²) < 4.78 is 7.99. The number of nitrogens with zero attached hydrogens (tertiary/aromatic N) is 2. The highest BCUT2D eigenvalue weighted by atomic mass is 127. The zero-order valence-corrected chi connectivity index (χ0v) is 13.3. The number of hydrogen-bond donors (Lipinski definition) is 1. The minimum absolute atomic E-state index is 0.142. The Morgan fingerprint density at radius 1 is 1.50 bits per heavy atom. The lowest BCUT2D eigenvalue weighted by molar-refractivity contribution is 0.459. The Bertz CT molecular complexity index is 352. The van der Waals surface area contributed by atoms with Crippen LogP contribution in [0, 0.1) is 5.92 Å². The molecule has 16 heavy (non-hydrogen) atoms. The van der Waals surface area contributed by atoms with Crippen molar-refractivity contribution in [3.63, 3.8) is 0 Å². The number of piperidine rings is 1. The van der Waals surface area contributed by atoms with Gasteiger partial charge in [-0.05, 0) is 29.9 Å². The molecule has 0 aromatic rings. The fraction of sp³-hybridized carbons (Fsp3) is 0.545. The SMILES string of the molecule is IN=C(C1=NC=CCI=C1)C1CCNCC1. The molecule has 2 rings (SSSR count). The van der Waals surface area contributed by atoms with Crippen LogP contribution in [0.15, 0.2) is 20.5 Å². The van der Waals surface area contributed by atoms with Gasteiger partial charge in [0.2, 0.25) is 0 Å². The molecule has 0 radical (unpaired) electrons. The molecule has 5 heteroatoms. The second kappa shape index (κ2) is 6.95. The summed E-state index contributed by atoms with van der Waals surface area (Å²) in [5.74, 6) is 0.601. The van der Waals surface area contributed by atoms with E-state index in [-0.39, 0.29) is 20.7 Å². The second-order valence-electron chi connectivity index (χ2n) is 3.81. The van der Waals surface area contributed by atoms with Crippen LogP contribution in [-0.2, 0) is 0 Å². The van der Waals surface area contributed by atoms with Crippen molar-refractivity contribution < 1.29 is 0 Å². The first-order valence-electron chi connectivity index (χ1n) is 5.45.